The van der Waals surface area contributed by atoms with Gasteiger partial charge in [-0.05, 0) is 19.1 Å². The van der Waals surface area contributed by atoms with Gasteiger partial charge in [-0.15, -0.1) is 6.58 Å². The van der Waals surface area contributed by atoms with E-state index in [9.17, 15) is 28.8 Å². The molecule has 0 unspecified atom stereocenters. The van der Waals surface area contributed by atoms with Crippen LogP contribution in [0.15, 0.2) is 46.8 Å². The number of aliphatic imine (C=N–C) groups is 1. The van der Waals surface area contributed by atoms with Gasteiger partial charge in [0.05, 0.1) is 24.7 Å². The van der Waals surface area contributed by atoms with Crippen molar-refractivity contribution in [2.75, 3.05) is 19.8 Å². The second-order valence-corrected chi connectivity index (χ2v) is 8.50. The highest BCUT2D eigenvalue weighted by atomic mass is 32.2. The van der Waals surface area contributed by atoms with E-state index in [4.69, 9.17) is 9.47 Å². The van der Waals surface area contributed by atoms with Crippen molar-refractivity contribution in [1.82, 2.24) is 4.72 Å². The molecule has 10 nitrogen and oxygen atoms in total. The lowest BCUT2D eigenvalue weighted by molar-refractivity contribution is -0.300. The van der Waals surface area contributed by atoms with Gasteiger partial charge in [0.2, 0.25) is 0 Å². The van der Waals surface area contributed by atoms with Crippen molar-refractivity contribution in [1.29, 1.82) is 0 Å². The van der Waals surface area contributed by atoms with Crippen molar-refractivity contribution in [3.05, 3.63) is 42.5 Å². The quantitative estimate of drug-likeness (QED) is 0.186. The lowest BCUT2D eigenvalue weighted by Crippen LogP contribution is -2.59. The zero-order chi connectivity index (χ0) is 22.3. The number of nitrogens with one attached hydrogen (secondary N) is 1. The van der Waals surface area contributed by atoms with E-state index in [2.05, 4.69) is 16.3 Å². The zero-order valence-corrected chi connectivity index (χ0v) is 17.4. The molecule has 30 heavy (non-hydrogen) atoms. The molecule has 1 aliphatic rings. The Morgan fingerprint density at radius 1 is 1.23 bits per heavy atom. The molecule has 0 bridgehead atoms. The van der Waals surface area contributed by atoms with Crippen molar-refractivity contribution in [3.8, 4) is 0 Å². The number of nitrogens with zero attached hydrogens (tertiary/aromatic N) is 1. The van der Waals surface area contributed by atoms with Crippen molar-refractivity contribution in [3.63, 3.8) is 0 Å². The van der Waals surface area contributed by atoms with Crippen LogP contribution in [0.2, 0.25) is 0 Å². The second kappa shape index (κ2) is 11.0. The summed E-state index contributed by atoms with van der Waals surface area (Å²) in [6, 6.07) is 6.31. The zero-order valence-electron chi connectivity index (χ0n) is 16.6. The van der Waals surface area contributed by atoms with E-state index in [1.54, 1.807) is 12.1 Å². The fraction of sp³-hybridized carbons (Fsp3) is 0.526. The van der Waals surface area contributed by atoms with Crippen LogP contribution in [0, 0.1) is 6.92 Å². The summed E-state index contributed by atoms with van der Waals surface area (Å²) in [5.74, 6) is 0.111. The minimum Gasteiger partial charge on any atom is -0.394 e. The molecule has 0 aromatic heterocycles. The minimum atomic E-state index is -3.86. The Hall–Kier alpha value is -1.86. The maximum absolute atomic E-state index is 12.6. The lowest BCUT2D eigenvalue weighted by atomic mass is 9.99. The second-order valence-electron chi connectivity index (χ2n) is 6.81. The first-order valence-corrected chi connectivity index (χ1v) is 10.8. The molecule has 5 atom stereocenters. The first kappa shape index (κ1) is 24.4. The third-order valence-electron chi connectivity index (χ3n) is 4.46. The van der Waals surface area contributed by atoms with Crippen molar-refractivity contribution in [2.45, 2.75) is 48.9 Å². The molecule has 1 heterocycles. The standard InChI is InChI=1S/C19H28N2O8S/c1-3-9-20-15(21-30(26,27)13-6-4-12(2)5-7-13)8-10-28-19-18(25)17(24)16(23)14(11-22)29-19/h3-7,14,16-19,22-25H,1,8-11H2,2H3,(H,20,21)/t14-,16-,17+,18-,19-/m1/s1. The highest BCUT2D eigenvalue weighted by molar-refractivity contribution is 7.90. The van der Waals surface area contributed by atoms with Crippen LogP contribution in [0.3, 0.4) is 0 Å². The monoisotopic (exact) mass is 444 g/mol. The number of hydrogen-bond acceptors (Lipinski definition) is 9. The first-order chi connectivity index (χ1) is 14.2. The molecule has 0 radical (unpaired) electrons. The number of hydrogen-bond donors (Lipinski definition) is 5. The van der Waals surface area contributed by atoms with Gasteiger partial charge in [-0.3, -0.25) is 9.71 Å². The smallest absolute Gasteiger partial charge is 0.262 e. The first-order valence-electron chi connectivity index (χ1n) is 9.35. The Labute approximate surface area is 175 Å². The van der Waals surface area contributed by atoms with Gasteiger partial charge < -0.3 is 29.9 Å². The van der Waals surface area contributed by atoms with Gasteiger partial charge in [-0.2, -0.15) is 0 Å². The predicted molar refractivity (Wildman–Crippen MR) is 108 cm³/mol. The topological polar surface area (TPSA) is 158 Å². The van der Waals surface area contributed by atoms with Gasteiger partial charge in [0, 0.05) is 6.42 Å². The Balaban J connectivity index is 2.01. The van der Waals surface area contributed by atoms with Crippen LogP contribution < -0.4 is 4.72 Å². The van der Waals surface area contributed by atoms with Crippen LogP contribution in [0.4, 0.5) is 0 Å². The van der Waals surface area contributed by atoms with Crippen LogP contribution in [0.25, 0.3) is 0 Å². The molecule has 168 valence electrons. The van der Waals surface area contributed by atoms with Gasteiger partial charge in [0.15, 0.2) is 6.29 Å². The van der Waals surface area contributed by atoms with Crippen molar-refractivity contribution < 1.29 is 38.3 Å². The fourth-order valence-electron chi connectivity index (χ4n) is 2.75. The predicted octanol–water partition coefficient (Wildman–Crippen LogP) is -0.936. The van der Waals surface area contributed by atoms with Crippen molar-refractivity contribution in [2.24, 2.45) is 4.99 Å². The van der Waals surface area contributed by atoms with E-state index in [0.717, 1.165) is 5.56 Å². The van der Waals surface area contributed by atoms with Crippen LogP contribution >= 0.6 is 0 Å². The Morgan fingerprint density at radius 2 is 1.90 bits per heavy atom. The summed E-state index contributed by atoms with van der Waals surface area (Å²) < 4.78 is 38.2. The summed E-state index contributed by atoms with van der Waals surface area (Å²) in [5, 5.41) is 38.8. The minimum absolute atomic E-state index is 0.0218. The van der Waals surface area contributed by atoms with E-state index in [1.807, 2.05) is 6.92 Å². The average Bonchev–Trinajstić information content (AvgIpc) is 2.72. The number of rotatable bonds is 9. The molecule has 0 saturated carbocycles. The van der Waals surface area contributed by atoms with Crippen molar-refractivity contribution >= 4 is 15.9 Å². The van der Waals surface area contributed by atoms with Gasteiger partial charge in [0.1, 0.15) is 30.3 Å². The number of ether oxygens (including phenoxy) is 2. The van der Waals surface area contributed by atoms with E-state index in [0.29, 0.717) is 0 Å². The van der Waals surface area contributed by atoms with Crippen LogP contribution in [-0.2, 0) is 19.5 Å². The van der Waals surface area contributed by atoms with E-state index in [-0.39, 0.29) is 30.3 Å². The van der Waals surface area contributed by atoms with Gasteiger partial charge >= 0.3 is 0 Å². The van der Waals surface area contributed by atoms with E-state index < -0.39 is 47.3 Å². The molecule has 2 rings (SSSR count). The molecule has 11 heteroatoms. The average molecular weight is 445 g/mol. The molecule has 1 saturated heterocycles. The molecule has 0 amide bonds. The summed E-state index contributed by atoms with van der Waals surface area (Å²) in [6.07, 6.45) is -5.48. The van der Waals surface area contributed by atoms with Crippen LogP contribution in [0.5, 0.6) is 0 Å². The summed E-state index contributed by atoms with van der Waals surface area (Å²) in [4.78, 5) is 4.20. The lowest BCUT2D eigenvalue weighted by Gasteiger charge is -2.39. The largest absolute Gasteiger partial charge is 0.394 e. The number of aliphatic hydroxyl groups is 4. The Morgan fingerprint density at radius 3 is 2.50 bits per heavy atom. The highest BCUT2D eigenvalue weighted by Crippen LogP contribution is 2.22. The molecular weight excluding hydrogens is 416 g/mol. The summed E-state index contributed by atoms with van der Waals surface area (Å²) in [6.45, 7) is 4.87. The molecule has 1 aromatic rings. The summed E-state index contributed by atoms with van der Waals surface area (Å²) in [5.41, 5.74) is 0.919. The molecule has 1 fully saturated rings. The van der Waals surface area contributed by atoms with Gasteiger partial charge in [0.25, 0.3) is 10.0 Å². The van der Waals surface area contributed by atoms with E-state index in [1.165, 1.54) is 18.2 Å². The van der Waals surface area contributed by atoms with Gasteiger partial charge in [-0.1, -0.05) is 23.8 Å². The number of benzene rings is 1. The Bertz CT molecular complexity index is 825. The number of aryl methyl sites for hydroxylation is 1. The fourth-order valence-corrected chi connectivity index (χ4v) is 3.83. The molecule has 5 N–H and O–H groups in total. The normalized spacial score (nSPS) is 27.6. The van der Waals surface area contributed by atoms with Crippen LogP contribution in [-0.4, -0.2) is 85.1 Å². The number of amidine groups is 1. The summed E-state index contributed by atoms with van der Waals surface area (Å²) in [7, 11) is -3.86. The molecule has 1 aliphatic heterocycles. The summed E-state index contributed by atoms with van der Waals surface area (Å²) >= 11 is 0. The highest BCUT2D eigenvalue weighted by Gasteiger charge is 2.43. The Kier molecular flexibility index (Phi) is 8.92. The SMILES string of the molecule is C=CCN=C(CCO[C@@H]1O[C@H](CO)[C@@H](O)[C@H](O)[C@H]1O)NS(=O)(=O)c1ccc(C)cc1. The third kappa shape index (κ3) is 6.32. The molecule has 1 aromatic carbocycles. The maximum atomic E-state index is 12.6. The third-order valence-corrected chi connectivity index (χ3v) is 5.86. The molecule has 0 aliphatic carbocycles. The number of sulfonamides is 1. The molecule has 0 spiro atoms. The van der Waals surface area contributed by atoms with E-state index >= 15 is 0 Å². The maximum Gasteiger partial charge on any atom is 0.262 e. The van der Waals surface area contributed by atoms with Crippen LogP contribution in [0.1, 0.15) is 12.0 Å². The number of aliphatic hydroxyl groups excluding tert-OH is 4. The molecular formula is C19H28N2O8S. The van der Waals surface area contributed by atoms with Gasteiger partial charge in [-0.25, -0.2) is 8.42 Å².